The second-order valence-corrected chi connectivity index (χ2v) is 19.2. The first-order valence-electron chi connectivity index (χ1n) is 24.0. The summed E-state index contributed by atoms with van der Waals surface area (Å²) in [5.74, 6) is -8.31. The Bertz CT molecular complexity index is 2280. The summed E-state index contributed by atoms with van der Waals surface area (Å²) in [6, 6.07) is 7.72. The number of benzene rings is 2. The summed E-state index contributed by atoms with van der Waals surface area (Å²) in [6.45, 7) is 10.8. The molecule has 1 fully saturated rings. The van der Waals surface area contributed by atoms with E-state index >= 15 is 0 Å². The molecule has 1 aromatic heterocycles. The van der Waals surface area contributed by atoms with Crippen LogP contribution < -0.4 is 37.6 Å². The number of amides is 7. The average molecular weight is 987 g/mol. The molecule has 7 amide bonds. The van der Waals surface area contributed by atoms with Crippen molar-refractivity contribution in [3.05, 3.63) is 90.0 Å². The van der Waals surface area contributed by atoms with Gasteiger partial charge < -0.3 is 57.7 Å². The van der Waals surface area contributed by atoms with Gasteiger partial charge in [-0.1, -0.05) is 102 Å². The van der Waals surface area contributed by atoms with Gasteiger partial charge in [0.05, 0.1) is 18.8 Å². The molecule has 71 heavy (non-hydrogen) atoms. The highest BCUT2D eigenvalue weighted by molar-refractivity contribution is 5.98. The highest BCUT2D eigenvalue weighted by Crippen LogP contribution is 2.21. The van der Waals surface area contributed by atoms with Gasteiger partial charge >= 0.3 is 11.9 Å². The minimum Gasteiger partial charge on any atom is -0.481 e. The van der Waals surface area contributed by atoms with Gasteiger partial charge in [0.25, 0.3) is 0 Å². The molecular weight excluding hydrogens is 917 g/mol. The predicted molar refractivity (Wildman–Crippen MR) is 261 cm³/mol. The third kappa shape index (κ3) is 17.9. The maximum absolute atomic E-state index is 14.5. The highest BCUT2D eigenvalue weighted by atomic mass is 16.4. The largest absolute Gasteiger partial charge is 0.481 e. The van der Waals surface area contributed by atoms with Crippen LogP contribution in [-0.4, -0.2) is 133 Å². The Labute approximate surface area is 413 Å². The van der Waals surface area contributed by atoms with Crippen molar-refractivity contribution < 1.29 is 53.4 Å². The molecule has 1 aliphatic rings. The number of aromatic nitrogens is 2. The number of likely N-dealkylation sites (tertiary alicyclic amines) is 1. The Morgan fingerprint density at radius 3 is 1.59 bits per heavy atom. The van der Waals surface area contributed by atoms with Crippen molar-refractivity contribution in [2.45, 2.75) is 141 Å². The Kier molecular flexibility index (Phi) is 21.7. The molecular formula is C50H70N10O11. The molecule has 0 spiro atoms. The van der Waals surface area contributed by atoms with Crippen LogP contribution in [0.1, 0.15) is 90.5 Å². The topological polar surface area (TPSA) is 324 Å². The van der Waals surface area contributed by atoms with E-state index in [-0.39, 0.29) is 56.9 Å². The molecule has 21 nitrogen and oxygen atoms in total. The van der Waals surface area contributed by atoms with Crippen molar-refractivity contribution in [2.75, 3.05) is 6.54 Å². The van der Waals surface area contributed by atoms with Gasteiger partial charge in [-0.3, -0.25) is 38.4 Å². The van der Waals surface area contributed by atoms with Gasteiger partial charge in [0.15, 0.2) is 0 Å². The van der Waals surface area contributed by atoms with Gasteiger partial charge in [0, 0.05) is 37.7 Å². The molecule has 8 atom stereocenters. The third-order valence-electron chi connectivity index (χ3n) is 11.9. The zero-order valence-corrected chi connectivity index (χ0v) is 41.2. The molecule has 3 aromatic rings. The zero-order valence-electron chi connectivity index (χ0n) is 41.2. The van der Waals surface area contributed by atoms with E-state index in [2.05, 4.69) is 41.9 Å². The number of nitrogens with two attached hydrogens (primary N) is 1. The molecule has 0 unspecified atom stereocenters. The summed E-state index contributed by atoms with van der Waals surface area (Å²) in [5, 5.41) is 35.2. The van der Waals surface area contributed by atoms with Crippen molar-refractivity contribution in [1.82, 2.24) is 46.8 Å². The Morgan fingerprint density at radius 2 is 1.13 bits per heavy atom. The first-order chi connectivity index (χ1) is 33.6. The fourth-order valence-electron chi connectivity index (χ4n) is 8.26. The number of nitrogens with zero attached hydrogens (tertiary/aromatic N) is 2. The monoisotopic (exact) mass is 987 g/mol. The lowest BCUT2D eigenvalue weighted by molar-refractivity contribution is -0.143. The van der Waals surface area contributed by atoms with Crippen LogP contribution in [0, 0.1) is 17.8 Å². The Morgan fingerprint density at radius 1 is 0.648 bits per heavy atom. The van der Waals surface area contributed by atoms with E-state index < -0.39 is 114 Å². The van der Waals surface area contributed by atoms with Gasteiger partial charge in [-0.05, 0) is 54.6 Å². The average Bonchev–Trinajstić information content (AvgIpc) is 4.02. The van der Waals surface area contributed by atoms with Crippen LogP contribution in [0.2, 0.25) is 0 Å². The molecule has 11 N–H and O–H groups in total. The summed E-state index contributed by atoms with van der Waals surface area (Å²) >= 11 is 0. The van der Waals surface area contributed by atoms with Crippen LogP contribution >= 0.6 is 0 Å². The lowest BCUT2D eigenvalue weighted by Gasteiger charge is -2.31. The fraction of sp³-hybridized carbons (Fsp3) is 0.520. The Hall–Kier alpha value is -7.16. The summed E-state index contributed by atoms with van der Waals surface area (Å²) in [6.07, 6.45) is 2.92. The summed E-state index contributed by atoms with van der Waals surface area (Å²) in [5.41, 5.74) is 7.63. The van der Waals surface area contributed by atoms with Crippen LogP contribution in [0.15, 0.2) is 73.2 Å². The molecule has 0 aliphatic carbocycles. The van der Waals surface area contributed by atoms with E-state index in [0.717, 1.165) is 0 Å². The van der Waals surface area contributed by atoms with Gasteiger partial charge in [0.2, 0.25) is 41.4 Å². The van der Waals surface area contributed by atoms with E-state index in [1.165, 1.54) is 17.4 Å². The number of rotatable bonds is 27. The number of aliphatic carboxylic acids is 2. The van der Waals surface area contributed by atoms with E-state index in [0.29, 0.717) is 23.2 Å². The minimum absolute atomic E-state index is 0.00855. The molecule has 0 saturated carbocycles. The first-order valence-corrected chi connectivity index (χ1v) is 24.0. The van der Waals surface area contributed by atoms with Crippen LogP contribution in [-0.2, 0) is 62.4 Å². The molecule has 0 radical (unpaired) electrons. The van der Waals surface area contributed by atoms with Crippen LogP contribution in [0.4, 0.5) is 0 Å². The maximum atomic E-state index is 14.5. The van der Waals surface area contributed by atoms with E-state index in [1.807, 2.05) is 27.7 Å². The van der Waals surface area contributed by atoms with Crippen molar-refractivity contribution in [3.63, 3.8) is 0 Å². The van der Waals surface area contributed by atoms with Crippen LogP contribution in [0.3, 0.4) is 0 Å². The summed E-state index contributed by atoms with van der Waals surface area (Å²) in [4.78, 5) is 130. The number of carbonyl (C=O) groups is 9. The number of carboxylic acids is 2. The number of carboxylic acid groups (broad SMARTS) is 2. The van der Waals surface area contributed by atoms with Crippen LogP contribution in [0.25, 0.3) is 0 Å². The lowest BCUT2D eigenvalue weighted by atomic mass is 9.98. The highest BCUT2D eigenvalue weighted by Gasteiger charge is 2.40. The quantitative estimate of drug-likeness (QED) is 0.0510. The standard InChI is InChI=1S/C50H70N10O11/c1-28(2)20-35(44(64)56-37(22-31-14-9-7-10-15-31)45(65)55-36(21-29(3)4)47(67)59-42(30(5)6)50(70)71)54-46(66)38(23-32-16-11-8-12-17-32)57-48(68)40-18-13-19-60(40)49(69)39(24-33-26-52-27-53-33)58-43(63)34(51)25-41(61)62/h7-12,14-17,26-30,34-40,42H,13,18-25,51H2,1-6H3,(H,52,53)(H,54,66)(H,55,65)(H,56,64)(H,57,68)(H,58,63)(H,59,67)(H,61,62)(H,70,71)/t34-,35-,36-,37-,38-,39-,40-,42-/m0/s1. The third-order valence-corrected chi connectivity index (χ3v) is 11.9. The van der Waals surface area contributed by atoms with Crippen molar-refractivity contribution in [2.24, 2.45) is 23.5 Å². The lowest BCUT2D eigenvalue weighted by Crippen LogP contribution is -2.61. The predicted octanol–water partition coefficient (Wildman–Crippen LogP) is 0.972. The minimum atomic E-state index is -1.46. The second kappa shape index (κ2) is 27.3. The smallest absolute Gasteiger partial charge is 0.326 e. The van der Waals surface area contributed by atoms with Crippen molar-refractivity contribution in [1.29, 1.82) is 0 Å². The molecule has 21 heteroatoms. The van der Waals surface area contributed by atoms with Crippen molar-refractivity contribution in [3.8, 4) is 0 Å². The molecule has 1 saturated heterocycles. The molecule has 1 aliphatic heterocycles. The number of imidazole rings is 1. The number of nitrogens with one attached hydrogen (secondary N) is 7. The maximum Gasteiger partial charge on any atom is 0.326 e. The van der Waals surface area contributed by atoms with Gasteiger partial charge in [-0.15, -0.1) is 0 Å². The first kappa shape index (κ1) is 56.4. The SMILES string of the molecule is CC(C)C[C@H](NC(=O)[C@H](Cc1ccccc1)NC(=O)[C@@H]1CCCN1C(=O)[C@H](Cc1cnc[nH]1)NC(=O)[C@@H](N)CC(=O)O)C(=O)N[C@@H](Cc1ccccc1)C(=O)N[C@@H](CC(C)C)C(=O)N[C@H](C(=O)O)C(C)C. The number of hydrogen-bond donors (Lipinski definition) is 10. The van der Waals surface area contributed by atoms with Gasteiger partial charge in [-0.2, -0.15) is 0 Å². The second-order valence-electron chi connectivity index (χ2n) is 19.2. The molecule has 4 rings (SSSR count). The summed E-state index contributed by atoms with van der Waals surface area (Å²) in [7, 11) is 0. The number of H-pyrrole nitrogens is 1. The molecule has 2 heterocycles. The van der Waals surface area contributed by atoms with E-state index in [4.69, 9.17) is 5.73 Å². The number of carbonyl (C=O) groups excluding carboxylic acids is 7. The molecule has 2 aromatic carbocycles. The number of aromatic amines is 1. The van der Waals surface area contributed by atoms with Crippen molar-refractivity contribution >= 4 is 53.3 Å². The fourth-order valence-corrected chi connectivity index (χ4v) is 8.26. The van der Waals surface area contributed by atoms with E-state index in [9.17, 15) is 53.4 Å². The van der Waals surface area contributed by atoms with Gasteiger partial charge in [-0.25, -0.2) is 9.78 Å². The van der Waals surface area contributed by atoms with E-state index in [1.54, 1.807) is 74.5 Å². The molecule has 0 bridgehead atoms. The van der Waals surface area contributed by atoms with Gasteiger partial charge in [0.1, 0.15) is 42.3 Å². The van der Waals surface area contributed by atoms with Crippen LogP contribution in [0.5, 0.6) is 0 Å². The molecule has 386 valence electrons. The summed E-state index contributed by atoms with van der Waals surface area (Å²) < 4.78 is 0. The normalized spacial score (nSPS) is 16.4. The number of hydrogen-bond acceptors (Lipinski definition) is 11. The zero-order chi connectivity index (χ0) is 52.4. The Balaban J connectivity index is 1.60.